The van der Waals surface area contributed by atoms with Gasteiger partial charge in [0.2, 0.25) is 11.8 Å². The van der Waals surface area contributed by atoms with Crippen molar-refractivity contribution in [3.8, 4) is 5.82 Å². The van der Waals surface area contributed by atoms with Crippen molar-refractivity contribution in [1.82, 2.24) is 30.0 Å². The average molecular weight is 491 g/mol. The molecule has 1 fully saturated rings. The predicted molar refractivity (Wildman–Crippen MR) is 134 cm³/mol. The van der Waals surface area contributed by atoms with Crippen molar-refractivity contribution < 1.29 is 9.59 Å². The van der Waals surface area contributed by atoms with E-state index < -0.39 is 0 Å². The molecule has 1 aliphatic heterocycles. The zero-order chi connectivity index (χ0) is 24.2. The molecule has 182 valence electrons. The Kier molecular flexibility index (Phi) is 7.13. The molecule has 5 rings (SSSR count). The molecule has 1 atom stereocenters. The van der Waals surface area contributed by atoms with Crippen molar-refractivity contribution in [3.63, 3.8) is 0 Å². The summed E-state index contributed by atoms with van der Waals surface area (Å²) in [4.78, 5) is 31.2. The van der Waals surface area contributed by atoms with Crippen molar-refractivity contribution in [1.29, 1.82) is 0 Å². The molecule has 0 saturated carbocycles. The molecule has 0 spiro atoms. The topological polar surface area (TPSA) is 93.0 Å². The van der Waals surface area contributed by atoms with Gasteiger partial charge < -0.3 is 10.2 Å². The lowest BCUT2D eigenvalue weighted by molar-refractivity contribution is -0.128. The molecule has 1 aromatic carbocycles. The fourth-order valence-corrected chi connectivity index (χ4v) is 5.54. The van der Waals surface area contributed by atoms with Crippen LogP contribution in [0.4, 0.5) is 0 Å². The molecule has 8 nitrogen and oxygen atoms in total. The van der Waals surface area contributed by atoms with E-state index in [0.29, 0.717) is 29.8 Å². The van der Waals surface area contributed by atoms with Gasteiger partial charge in [0.05, 0.1) is 18.3 Å². The predicted octanol–water partition coefficient (Wildman–Crippen LogP) is 3.63. The summed E-state index contributed by atoms with van der Waals surface area (Å²) in [6.45, 7) is 3.12. The molecule has 1 aliphatic carbocycles. The standard InChI is InChI=1S/C26H30N6O2S/c1-18(20-12-11-19-7-2-3-8-21(19)15-20)28-24(33)17-35-26-30-29-23(16-31-14-6-10-25(31)34)32(26)22-9-4-5-13-27-22/h4-5,9,11-13,15,18H,2-3,6-8,10,14,16-17H2,1H3,(H,28,33). The van der Waals surface area contributed by atoms with Crippen molar-refractivity contribution >= 4 is 23.6 Å². The van der Waals surface area contributed by atoms with Crippen LogP contribution in [0, 0.1) is 0 Å². The molecular weight excluding hydrogens is 460 g/mol. The lowest BCUT2D eigenvalue weighted by Gasteiger charge is -2.20. The summed E-state index contributed by atoms with van der Waals surface area (Å²) in [5.41, 5.74) is 3.99. The largest absolute Gasteiger partial charge is 0.349 e. The van der Waals surface area contributed by atoms with E-state index >= 15 is 0 Å². The van der Waals surface area contributed by atoms with Crippen LogP contribution >= 0.6 is 11.8 Å². The number of aromatic nitrogens is 4. The molecule has 9 heteroatoms. The smallest absolute Gasteiger partial charge is 0.230 e. The maximum Gasteiger partial charge on any atom is 0.230 e. The first-order valence-electron chi connectivity index (χ1n) is 12.3. The number of nitrogens with zero attached hydrogens (tertiary/aromatic N) is 5. The van der Waals surface area contributed by atoms with E-state index in [1.54, 1.807) is 11.1 Å². The van der Waals surface area contributed by atoms with Crippen LogP contribution in [0.15, 0.2) is 47.8 Å². The molecule has 3 heterocycles. The van der Waals surface area contributed by atoms with Gasteiger partial charge in [-0.25, -0.2) is 4.98 Å². The third kappa shape index (κ3) is 5.40. The Hall–Kier alpha value is -3.20. The Morgan fingerprint density at radius 2 is 1.94 bits per heavy atom. The monoisotopic (exact) mass is 490 g/mol. The number of hydrogen-bond acceptors (Lipinski definition) is 6. The number of carbonyl (C=O) groups is 2. The zero-order valence-electron chi connectivity index (χ0n) is 19.9. The van der Waals surface area contributed by atoms with Crippen LogP contribution < -0.4 is 5.32 Å². The fourth-order valence-electron chi connectivity index (χ4n) is 4.77. The number of nitrogens with one attached hydrogen (secondary N) is 1. The van der Waals surface area contributed by atoms with E-state index in [1.165, 1.54) is 35.7 Å². The maximum atomic E-state index is 12.8. The highest BCUT2D eigenvalue weighted by Crippen LogP contribution is 2.26. The first-order chi connectivity index (χ1) is 17.1. The van der Waals surface area contributed by atoms with Gasteiger partial charge in [-0.2, -0.15) is 0 Å². The van der Waals surface area contributed by atoms with E-state index in [-0.39, 0.29) is 23.6 Å². The van der Waals surface area contributed by atoms with Crippen LogP contribution in [0.3, 0.4) is 0 Å². The Labute approximate surface area is 209 Å². The number of likely N-dealkylation sites (tertiary alicyclic amines) is 1. The Morgan fingerprint density at radius 1 is 1.09 bits per heavy atom. The molecule has 1 N–H and O–H groups in total. The molecule has 2 amide bonds. The van der Waals surface area contributed by atoms with Gasteiger partial charge in [-0.05, 0) is 67.9 Å². The van der Waals surface area contributed by atoms with E-state index in [9.17, 15) is 9.59 Å². The van der Waals surface area contributed by atoms with Gasteiger partial charge in [0.15, 0.2) is 11.0 Å². The van der Waals surface area contributed by atoms with Crippen LogP contribution in [0.25, 0.3) is 5.82 Å². The molecule has 2 aromatic heterocycles. The number of benzene rings is 1. The number of fused-ring (bicyclic) bond motifs is 1. The molecule has 2 aliphatic rings. The summed E-state index contributed by atoms with van der Waals surface area (Å²) < 4.78 is 1.84. The van der Waals surface area contributed by atoms with Crippen LogP contribution in [0.2, 0.25) is 0 Å². The highest BCUT2D eigenvalue weighted by molar-refractivity contribution is 7.99. The SMILES string of the molecule is CC(NC(=O)CSc1nnc(CN2CCCC2=O)n1-c1ccccn1)c1ccc2c(c1)CCCC2. The number of hydrogen-bond donors (Lipinski definition) is 1. The van der Waals surface area contributed by atoms with Crippen LogP contribution in [0.5, 0.6) is 0 Å². The summed E-state index contributed by atoms with van der Waals surface area (Å²) in [6, 6.07) is 12.1. The van der Waals surface area contributed by atoms with Crippen LogP contribution in [0.1, 0.15) is 61.2 Å². The quantitative estimate of drug-likeness (QED) is 0.485. The minimum atomic E-state index is -0.0688. The number of pyridine rings is 1. The Balaban J connectivity index is 1.26. The second-order valence-corrected chi connectivity index (χ2v) is 10.1. The van der Waals surface area contributed by atoms with Crippen molar-refractivity contribution in [2.45, 2.75) is 63.2 Å². The molecule has 1 saturated heterocycles. The minimum Gasteiger partial charge on any atom is -0.349 e. The molecular formula is C26H30N6O2S. The van der Waals surface area contributed by atoms with Gasteiger partial charge >= 0.3 is 0 Å². The maximum absolute atomic E-state index is 12.8. The zero-order valence-corrected chi connectivity index (χ0v) is 20.8. The third-order valence-corrected chi connectivity index (χ3v) is 7.59. The van der Waals surface area contributed by atoms with Crippen LogP contribution in [-0.4, -0.2) is 48.8 Å². The Bertz CT molecular complexity index is 1210. The van der Waals surface area contributed by atoms with E-state index in [0.717, 1.165) is 31.4 Å². The van der Waals surface area contributed by atoms with Gasteiger partial charge in [-0.3, -0.25) is 14.2 Å². The van der Waals surface area contributed by atoms with E-state index in [2.05, 4.69) is 38.7 Å². The van der Waals surface area contributed by atoms with E-state index in [4.69, 9.17) is 0 Å². The fraction of sp³-hybridized carbons (Fsp3) is 0.423. The summed E-state index contributed by atoms with van der Waals surface area (Å²) in [7, 11) is 0. The molecule has 0 radical (unpaired) electrons. The second-order valence-electron chi connectivity index (χ2n) is 9.15. The minimum absolute atomic E-state index is 0.0629. The summed E-state index contributed by atoms with van der Waals surface area (Å²) in [5, 5.41) is 12.4. The third-order valence-electron chi connectivity index (χ3n) is 6.66. The summed E-state index contributed by atoms with van der Waals surface area (Å²) in [5.74, 6) is 1.59. The average Bonchev–Trinajstić information content (AvgIpc) is 3.48. The van der Waals surface area contributed by atoms with E-state index in [1.807, 2.05) is 29.7 Å². The summed E-state index contributed by atoms with van der Waals surface area (Å²) >= 11 is 1.32. The highest BCUT2D eigenvalue weighted by atomic mass is 32.2. The van der Waals surface area contributed by atoms with Gasteiger partial charge in [0, 0.05) is 19.2 Å². The molecule has 0 bridgehead atoms. The van der Waals surface area contributed by atoms with Gasteiger partial charge in [0.1, 0.15) is 5.82 Å². The molecule has 3 aromatic rings. The molecule has 1 unspecified atom stereocenters. The second kappa shape index (κ2) is 10.6. The Morgan fingerprint density at radius 3 is 2.71 bits per heavy atom. The lowest BCUT2D eigenvalue weighted by Crippen LogP contribution is -2.28. The number of carbonyl (C=O) groups excluding carboxylic acids is 2. The van der Waals surface area contributed by atoms with Crippen molar-refractivity contribution in [2.24, 2.45) is 0 Å². The first kappa shape index (κ1) is 23.5. The number of rotatable bonds is 8. The lowest BCUT2D eigenvalue weighted by atomic mass is 9.89. The number of aryl methyl sites for hydroxylation is 2. The van der Waals surface area contributed by atoms with Gasteiger partial charge in [0.25, 0.3) is 0 Å². The number of thioether (sulfide) groups is 1. The first-order valence-corrected chi connectivity index (χ1v) is 13.2. The summed E-state index contributed by atoms with van der Waals surface area (Å²) in [6.07, 6.45) is 7.91. The number of amides is 2. The van der Waals surface area contributed by atoms with Gasteiger partial charge in [-0.15, -0.1) is 10.2 Å². The molecule has 35 heavy (non-hydrogen) atoms. The van der Waals surface area contributed by atoms with Crippen molar-refractivity contribution in [2.75, 3.05) is 12.3 Å². The van der Waals surface area contributed by atoms with Crippen molar-refractivity contribution in [3.05, 3.63) is 65.1 Å². The highest BCUT2D eigenvalue weighted by Gasteiger charge is 2.25. The van der Waals surface area contributed by atoms with Gasteiger partial charge in [-0.1, -0.05) is 36.0 Å². The van der Waals surface area contributed by atoms with Crippen LogP contribution in [-0.2, 0) is 29.0 Å². The normalized spacial score (nSPS) is 16.3.